The predicted octanol–water partition coefficient (Wildman–Crippen LogP) is 7.86. The molecule has 0 aliphatic rings. The van der Waals surface area contributed by atoms with Gasteiger partial charge in [-0.2, -0.15) is 0 Å². The molecule has 1 atom stereocenters. The van der Waals surface area contributed by atoms with Gasteiger partial charge in [0.15, 0.2) is 0 Å². The van der Waals surface area contributed by atoms with Crippen LogP contribution in [0.3, 0.4) is 0 Å². The van der Waals surface area contributed by atoms with E-state index in [2.05, 4.69) is 10.6 Å². The summed E-state index contributed by atoms with van der Waals surface area (Å²) < 4.78 is 14.0. The summed E-state index contributed by atoms with van der Waals surface area (Å²) >= 11 is 13.7. The molecule has 4 nitrogen and oxygen atoms in total. The van der Waals surface area contributed by atoms with Crippen molar-refractivity contribution >= 4 is 58.2 Å². The smallest absolute Gasteiger partial charge is 0.258 e. The Labute approximate surface area is 216 Å². The monoisotopic (exact) mass is 524 g/mol. The summed E-state index contributed by atoms with van der Waals surface area (Å²) in [4.78, 5) is 26.6. The van der Waals surface area contributed by atoms with E-state index < -0.39 is 17.0 Å². The highest BCUT2D eigenvalue weighted by Gasteiger charge is 2.23. The molecule has 4 rings (SSSR count). The molecule has 0 bridgehead atoms. The Hall–Kier alpha value is -3.32. The van der Waals surface area contributed by atoms with Gasteiger partial charge in [0.05, 0.1) is 21.3 Å². The van der Waals surface area contributed by atoms with Crippen LogP contribution in [0.1, 0.15) is 21.2 Å². The summed E-state index contributed by atoms with van der Waals surface area (Å²) in [5.41, 5.74) is 1.63. The summed E-state index contributed by atoms with van der Waals surface area (Å²) in [5, 5.41) is 5.55. The molecule has 0 aliphatic carbocycles. The van der Waals surface area contributed by atoms with Crippen molar-refractivity contribution in [2.24, 2.45) is 0 Å². The van der Waals surface area contributed by atoms with Crippen molar-refractivity contribution < 1.29 is 14.0 Å². The number of carbonyl (C=O) groups excluding carboxylic acids is 2. The summed E-state index contributed by atoms with van der Waals surface area (Å²) in [7, 11) is 0. The second-order valence-corrected chi connectivity index (χ2v) is 9.42. The molecule has 4 aromatic rings. The maximum absolute atomic E-state index is 14.0. The lowest BCUT2D eigenvalue weighted by atomic mass is 10.1. The van der Waals surface area contributed by atoms with Crippen molar-refractivity contribution in [3.63, 3.8) is 0 Å². The lowest BCUT2D eigenvalue weighted by Gasteiger charge is -2.18. The average Bonchev–Trinajstić information content (AvgIpc) is 2.86. The van der Waals surface area contributed by atoms with Gasteiger partial charge >= 0.3 is 0 Å². The van der Waals surface area contributed by atoms with Crippen LogP contribution >= 0.6 is 35.0 Å². The number of thioether (sulfide) groups is 1. The molecule has 0 radical (unpaired) electrons. The minimum atomic E-state index is -0.622. The van der Waals surface area contributed by atoms with Crippen LogP contribution in [-0.2, 0) is 4.79 Å². The van der Waals surface area contributed by atoms with Gasteiger partial charge in [-0.1, -0.05) is 77.8 Å². The summed E-state index contributed by atoms with van der Waals surface area (Å²) in [6.07, 6.45) is 0. The maximum Gasteiger partial charge on any atom is 0.258 e. The van der Waals surface area contributed by atoms with E-state index in [1.54, 1.807) is 42.5 Å². The Bertz CT molecular complexity index is 1370. The standard InChI is InChI=1S/C27H19Cl2FN2O2S/c28-21-13-7-15-23(24(21)29)32-27(34)25(17-8-2-1-3-9-17)35-19-11-6-10-18(16-19)31-26(33)20-12-4-5-14-22(20)30/h1-16,25H,(H,31,33)(H,32,34). The van der Waals surface area contributed by atoms with E-state index in [-0.39, 0.29) is 16.5 Å². The summed E-state index contributed by atoms with van der Waals surface area (Å²) in [6.45, 7) is 0. The minimum Gasteiger partial charge on any atom is -0.323 e. The molecule has 0 fully saturated rings. The minimum absolute atomic E-state index is 0.0505. The number of rotatable bonds is 7. The van der Waals surface area contributed by atoms with Crippen molar-refractivity contribution in [3.05, 3.63) is 124 Å². The average molecular weight is 525 g/mol. The summed E-state index contributed by atoms with van der Waals surface area (Å²) in [6, 6.07) is 27.1. The van der Waals surface area contributed by atoms with Gasteiger partial charge < -0.3 is 10.6 Å². The first kappa shape index (κ1) is 24.8. The number of carbonyl (C=O) groups is 2. The Kier molecular flexibility index (Phi) is 8.08. The van der Waals surface area contributed by atoms with E-state index in [0.29, 0.717) is 16.4 Å². The molecular weight excluding hydrogens is 506 g/mol. The largest absolute Gasteiger partial charge is 0.323 e. The Morgan fingerprint density at radius 3 is 2.29 bits per heavy atom. The van der Waals surface area contributed by atoms with Crippen LogP contribution < -0.4 is 10.6 Å². The van der Waals surface area contributed by atoms with Crippen molar-refractivity contribution in [1.29, 1.82) is 0 Å². The zero-order chi connectivity index (χ0) is 24.8. The van der Waals surface area contributed by atoms with Gasteiger partial charge in [-0.3, -0.25) is 9.59 Å². The Balaban J connectivity index is 1.57. The molecule has 2 amide bonds. The molecule has 35 heavy (non-hydrogen) atoms. The second kappa shape index (κ2) is 11.4. The van der Waals surface area contributed by atoms with Gasteiger partial charge in [-0.05, 0) is 48.0 Å². The first-order valence-electron chi connectivity index (χ1n) is 10.5. The lowest BCUT2D eigenvalue weighted by molar-refractivity contribution is -0.115. The van der Waals surface area contributed by atoms with Gasteiger partial charge in [0.2, 0.25) is 5.91 Å². The molecule has 2 N–H and O–H groups in total. The zero-order valence-electron chi connectivity index (χ0n) is 18.2. The molecule has 1 unspecified atom stereocenters. The fourth-order valence-electron chi connectivity index (χ4n) is 3.33. The number of hydrogen-bond donors (Lipinski definition) is 2. The molecule has 4 aromatic carbocycles. The van der Waals surface area contributed by atoms with E-state index in [9.17, 15) is 14.0 Å². The van der Waals surface area contributed by atoms with Gasteiger partial charge in [0, 0.05) is 10.6 Å². The van der Waals surface area contributed by atoms with Crippen molar-refractivity contribution in [2.75, 3.05) is 10.6 Å². The van der Waals surface area contributed by atoms with Crippen LogP contribution in [0.2, 0.25) is 10.0 Å². The highest BCUT2D eigenvalue weighted by Crippen LogP contribution is 2.38. The molecular formula is C27H19Cl2FN2O2S. The molecule has 0 aromatic heterocycles. The number of anilines is 2. The normalized spacial score (nSPS) is 11.5. The van der Waals surface area contributed by atoms with Crippen LogP contribution in [0.15, 0.2) is 102 Å². The molecule has 176 valence electrons. The fourth-order valence-corrected chi connectivity index (χ4v) is 4.76. The van der Waals surface area contributed by atoms with E-state index in [1.807, 2.05) is 36.4 Å². The van der Waals surface area contributed by atoms with Gasteiger partial charge in [0.25, 0.3) is 5.91 Å². The van der Waals surface area contributed by atoms with Gasteiger partial charge in [0.1, 0.15) is 11.1 Å². The quantitative estimate of drug-likeness (QED) is 0.242. The molecule has 0 saturated heterocycles. The highest BCUT2D eigenvalue weighted by molar-refractivity contribution is 8.00. The predicted molar refractivity (Wildman–Crippen MR) is 141 cm³/mol. The van der Waals surface area contributed by atoms with E-state index >= 15 is 0 Å². The SMILES string of the molecule is O=C(Nc1cccc(SC(C(=O)Nc2cccc(Cl)c2Cl)c2ccccc2)c1)c1ccccc1F. The Morgan fingerprint density at radius 1 is 0.800 bits per heavy atom. The molecule has 8 heteroatoms. The van der Waals surface area contributed by atoms with Crippen LogP contribution in [0, 0.1) is 5.82 Å². The van der Waals surface area contributed by atoms with E-state index in [4.69, 9.17) is 23.2 Å². The maximum atomic E-state index is 14.0. The molecule has 0 heterocycles. The van der Waals surface area contributed by atoms with Crippen LogP contribution in [-0.4, -0.2) is 11.8 Å². The Morgan fingerprint density at radius 2 is 1.51 bits per heavy atom. The van der Waals surface area contributed by atoms with Crippen molar-refractivity contribution in [2.45, 2.75) is 10.1 Å². The first-order chi connectivity index (χ1) is 16.9. The second-order valence-electron chi connectivity index (χ2n) is 7.46. The van der Waals surface area contributed by atoms with Gasteiger partial charge in [-0.15, -0.1) is 11.8 Å². The number of hydrogen-bond acceptors (Lipinski definition) is 3. The molecule has 0 saturated carbocycles. The number of halogens is 3. The topological polar surface area (TPSA) is 58.2 Å². The summed E-state index contributed by atoms with van der Waals surface area (Å²) in [5.74, 6) is -1.44. The van der Waals surface area contributed by atoms with Crippen LogP contribution in [0.4, 0.5) is 15.8 Å². The molecule has 0 spiro atoms. The fraction of sp³-hybridized carbons (Fsp3) is 0.0370. The third kappa shape index (κ3) is 6.22. The number of nitrogens with one attached hydrogen (secondary N) is 2. The van der Waals surface area contributed by atoms with Crippen molar-refractivity contribution in [3.8, 4) is 0 Å². The van der Waals surface area contributed by atoms with Crippen LogP contribution in [0.5, 0.6) is 0 Å². The van der Waals surface area contributed by atoms with Crippen molar-refractivity contribution in [1.82, 2.24) is 0 Å². The number of amides is 2. The van der Waals surface area contributed by atoms with Crippen LogP contribution in [0.25, 0.3) is 0 Å². The molecule has 0 aliphatic heterocycles. The highest BCUT2D eigenvalue weighted by atomic mass is 35.5. The zero-order valence-corrected chi connectivity index (χ0v) is 20.5. The lowest BCUT2D eigenvalue weighted by Crippen LogP contribution is -2.19. The van der Waals surface area contributed by atoms with E-state index in [1.165, 1.54) is 30.0 Å². The third-order valence-corrected chi connectivity index (χ3v) is 7.08. The van der Waals surface area contributed by atoms with Gasteiger partial charge in [-0.25, -0.2) is 4.39 Å². The third-order valence-electron chi connectivity index (χ3n) is 5.01. The van der Waals surface area contributed by atoms with E-state index in [0.717, 1.165) is 10.5 Å². The number of benzene rings is 4. The first-order valence-corrected chi connectivity index (χ1v) is 12.2.